The number of hydrogen-bond acceptors (Lipinski definition) is 5. The first-order chi connectivity index (χ1) is 13.1. The molecule has 3 N–H and O–H groups in total. The molecule has 1 fully saturated rings. The van der Waals surface area contributed by atoms with E-state index in [0.717, 1.165) is 43.6 Å². The molecule has 0 aliphatic carbocycles. The van der Waals surface area contributed by atoms with Crippen LogP contribution in [0.5, 0.6) is 0 Å². The maximum Gasteiger partial charge on any atom is 0.244 e. The van der Waals surface area contributed by atoms with Crippen molar-refractivity contribution in [3.05, 3.63) is 29.8 Å². The number of anilines is 1. The van der Waals surface area contributed by atoms with Gasteiger partial charge in [0, 0.05) is 31.7 Å². The first kappa shape index (κ1) is 18.1. The number of nitrogens with zero attached hydrogens (tertiary/aromatic N) is 3. The molecular formula is C19H24FN5O2. The van der Waals surface area contributed by atoms with Gasteiger partial charge in [-0.25, -0.2) is 4.39 Å². The SMILES string of the molecule is NC1(C(=O)Nc2cc(-c3nnc4n3CCCCC4)ccc2F)CCOCC1. The summed E-state index contributed by atoms with van der Waals surface area (Å²) in [6, 6.07) is 4.62. The summed E-state index contributed by atoms with van der Waals surface area (Å²) in [5.41, 5.74) is 6.00. The summed E-state index contributed by atoms with van der Waals surface area (Å²) in [6.45, 7) is 1.71. The summed E-state index contributed by atoms with van der Waals surface area (Å²) in [5, 5.41) is 11.3. The summed E-state index contributed by atoms with van der Waals surface area (Å²) in [7, 11) is 0. The van der Waals surface area contributed by atoms with E-state index in [1.54, 1.807) is 12.1 Å². The zero-order chi connectivity index (χ0) is 18.9. The minimum Gasteiger partial charge on any atom is -0.381 e. The molecule has 7 nitrogen and oxygen atoms in total. The van der Waals surface area contributed by atoms with Crippen LogP contribution in [0.1, 0.15) is 37.9 Å². The highest BCUT2D eigenvalue weighted by atomic mass is 19.1. The largest absolute Gasteiger partial charge is 0.381 e. The fourth-order valence-corrected chi connectivity index (χ4v) is 3.67. The van der Waals surface area contributed by atoms with Gasteiger partial charge in [0.2, 0.25) is 5.91 Å². The Morgan fingerprint density at radius 1 is 1.22 bits per heavy atom. The second kappa shape index (κ2) is 7.36. The Morgan fingerprint density at radius 3 is 2.85 bits per heavy atom. The van der Waals surface area contributed by atoms with E-state index in [2.05, 4.69) is 20.1 Å². The monoisotopic (exact) mass is 373 g/mol. The van der Waals surface area contributed by atoms with Gasteiger partial charge in [-0.3, -0.25) is 4.79 Å². The van der Waals surface area contributed by atoms with Crippen molar-refractivity contribution in [2.45, 2.75) is 50.6 Å². The lowest BCUT2D eigenvalue weighted by molar-refractivity contribution is -0.124. The summed E-state index contributed by atoms with van der Waals surface area (Å²) < 4.78 is 21.7. The Balaban J connectivity index is 1.61. The second-order valence-corrected chi connectivity index (χ2v) is 7.32. The smallest absolute Gasteiger partial charge is 0.244 e. The zero-order valence-corrected chi connectivity index (χ0v) is 15.2. The highest BCUT2D eigenvalue weighted by molar-refractivity contribution is 5.98. The first-order valence-corrected chi connectivity index (χ1v) is 9.47. The molecule has 2 aliphatic heterocycles. The molecule has 0 saturated carbocycles. The van der Waals surface area contributed by atoms with Gasteiger partial charge >= 0.3 is 0 Å². The van der Waals surface area contributed by atoms with Gasteiger partial charge in [0.25, 0.3) is 0 Å². The lowest BCUT2D eigenvalue weighted by Crippen LogP contribution is -2.54. The number of rotatable bonds is 3. The van der Waals surface area contributed by atoms with Crippen molar-refractivity contribution in [2.75, 3.05) is 18.5 Å². The minimum absolute atomic E-state index is 0.111. The quantitative estimate of drug-likeness (QED) is 0.860. The van der Waals surface area contributed by atoms with Gasteiger partial charge in [-0.15, -0.1) is 10.2 Å². The van der Waals surface area contributed by atoms with Crippen LogP contribution in [0.25, 0.3) is 11.4 Å². The number of carbonyl (C=O) groups is 1. The summed E-state index contributed by atoms with van der Waals surface area (Å²) >= 11 is 0. The van der Waals surface area contributed by atoms with E-state index in [1.807, 2.05) is 0 Å². The van der Waals surface area contributed by atoms with E-state index >= 15 is 0 Å². The van der Waals surface area contributed by atoms with Gasteiger partial charge in [-0.05, 0) is 43.9 Å². The van der Waals surface area contributed by atoms with Crippen LogP contribution in [-0.4, -0.2) is 39.4 Å². The van der Waals surface area contributed by atoms with Crippen LogP contribution >= 0.6 is 0 Å². The average Bonchev–Trinajstić information content (AvgIpc) is 2.92. The van der Waals surface area contributed by atoms with Gasteiger partial charge < -0.3 is 20.4 Å². The Morgan fingerprint density at radius 2 is 2.04 bits per heavy atom. The summed E-state index contributed by atoms with van der Waals surface area (Å²) in [4.78, 5) is 12.6. The lowest BCUT2D eigenvalue weighted by atomic mass is 9.90. The van der Waals surface area contributed by atoms with Gasteiger partial charge in [-0.1, -0.05) is 6.42 Å². The van der Waals surface area contributed by atoms with Crippen molar-refractivity contribution in [1.29, 1.82) is 0 Å². The predicted octanol–water partition coefficient (Wildman–Crippen LogP) is 2.26. The molecule has 0 spiro atoms. The van der Waals surface area contributed by atoms with Gasteiger partial charge in [0.05, 0.1) is 5.69 Å². The predicted molar refractivity (Wildman–Crippen MR) is 98.6 cm³/mol. The molecule has 1 aromatic heterocycles. The maximum atomic E-state index is 14.3. The van der Waals surface area contributed by atoms with Crippen molar-refractivity contribution in [3.8, 4) is 11.4 Å². The van der Waals surface area contributed by atoms with Crippen LogP contribution < -0.4 is 11.1 Å². The molecule has 2 aromatic rings. The number of carbonyl (C=O) groups excluding carboxylic acids is 1. The number of fused-ring (bicyclic) bond motifs is 1. The van der Waals surface area contributed by atoms with Gasteiger partial charge in [-0.2, -0.15) is 0 Å². The lowest BCUT2D eigenvalue weighted by Gasteiger charge is -2.31. The molecule has 8 heteroatoms. The number of nitrogens with two attached hydrogens (primary N) is 1. The van der Waals surface area contributed by atoms with E-state index in [0.29, 0.717) is 31.9 Å². The Labute approximate surface area is 157 Å². The number of ether oxygens (including phenoxy) is 1. The fraction of sp³-hybridized carbons (Fsp3) is 0.526. The van der Waals surface area contributed by atoms with Crippen molar-refractivity contribution in [3.63, 3.8) is 0 Å². The minimum atomic E-state index is -1.04. The van der Waals surface area contributed by atoms with Crippen LogP contribution in [0.3, 0.4) is 0 Å². The molecule has 0 radical (unpaired) electrons. The molecule has 2 aliphatic rings. The zero-order valence-electron chi connectivity index (χ0n) is 15.2. The van der Waals surface area contributed by atoms with E-state index in [1.165, 1.54) is 6.07 Å². The number of aromatic nitrogens is 3. The molecule has 0 atom stereocenters. The topological polar surface area (TPSA) is 95.1 Å². The molecule has 1 amide bonds. The van der Waals surface area contributed by atoms with Crippen LogP contribution in [-0.2, 0) is 22.5 Å². The van der Waals surface area contributed by atoms with Crippen molar-refractivity contribution in [1.82, 2.24) is 14.8 Å². The summed E-state index contributed by atoms with van der Waals surface area (Å²) in [5.74, 6) is 0.775. The number of nitrogens with one attached hydrogen (secondary N) is 1. The van der Waals surface area contributed by atoms with Crippen molar-refractivity contribution < 1.29 is 13.9 Å². The van der Waals surface area contributed by atoms with Crippen molar-refractivity contribution in [2.24, 2.45) is 5.73 Å². The molecule has 27 heavy (non-hydrogen) atoms. The standard InChI is InChI=1S/C19H24FN5O2/c20-14-6-5-13(17-24-23-16-4-2-1-3-9-25(16)17)12-15(14)22-18(26)19(21)7-10-27-11-8-19/h5-6,12H,1-4,7-11,21H2,(H,22,26). The van der Waals surface area contributed by atoms with Crippen molar-refractivity contribution >= 4 is 11.6 Å². The van der Waals surface area contributed by atoms with Crippen LogP contribution in [0.2, 0.25) is 0 Å². The highest BCUT2D eigenvalue weighted by Gasteiger charge is 2.36. The van der Waals surface area contributed by atoms with E-state index < -0.39 is 11.4 Å². The fourth-order valence-electron chi connectivity index (χ4n) is 3.67. The molecule has 1 saturated heterocycles. The highest BCUT2D eigenvalue weighted by Crippen LogP contribution is 2.28. The molecule has 4 rings (SSSR count). The van der Waals surface area contributed by atoms with Gasteiger partial charge in [0.1, 0.15) is 17.2 Å². The number of aryl methyl sites for hydroxylation is 1. The third kappa shape index (κ3) is 3.59. The van der Waals surface area contributed by atoms with Crippen LogP contribution in [0.15, 0.2) is 18.2 Å². The van der Waals surface area contributed by atoms with Crippen LogP contribution in [0, 0.1) is 5.82 Å². The van der Waals surface area contributed by atoms with Crippen LogP contribution in [0.4, 0.5) is 10.1 Å². The van der Waals surface area contributed by atoms with E-state index in [4.69, 9.17) is 10.5 Å². The number of hydrogen-bond donors (Lipinski definition) is 2. The van der Waals surface area contributed by atoms with E-state index in [-0.39, 0.29) is 11.6 Å². The Bertz CT molecular complexity index is 845. The molecule has 1 aromatic carbocycles. The number of halogens is 1. The normalized spacial score (nSPS) is 19.2. The number of amides is 1. The second-order valence-electron chi connectivity index (χ2n) is 7.32. The first-order valence-electron chi connectivity index (χ1n) is 9.47. The third-order valence-corrected chi connectivity index (χ3v) is 5.42. The molecule has 144 valence electrons. The maximum absolute atomic E-state index is 14.3. The molecular weight excluding hydrogens is 349 g/mol. The van der Waals surface area contributed by atoms with Gasteiger partial charge in [0.15, 0.2) is 5.82 Å². The van der Waals surface area contributed by atoms with E-state index in [9.17, 15) is 9.18 Å². The molecule has 3 heterocycles. The summed E-state index contributed by atoms with van der Waals surface area (Å²) in [6.07, 6.45) is 5.06. The number of benzene rings is 1. The Kier molecular flexibility index (Phi) is 4.92. The third-order valence-electron chi connectivity index (χ3n) is 5.42. The Hall–Kier alpha value is -2.32. The average molecular weight is 373 g/mol. The molecule has 0 bridgehead atoms. The molecule has 0 unspecified atom stereocenters.